The molecular formula is C17H17FN4O2S. The van der Waals surface area contributed by atoms with Crippen LogP contribution in [0.2, 0.25) is 0 Å². The standard InChI is InChI=1S/C17H17FN4O2S/c18-13-3-1-4-14(12(13)11-19)20-8-9-21-16(23)6-7-22-17(24)15-5-2-10-25-15/h1-5,10,20H,6-9H2,(H,21,23)(H,22,24). The van der Waals surface area contributed by atoms with Crippen molar-refractivity contribution < 1.29 is 14.0 Å². The summed E-state index contributed by atoms with van der Waals surface area (Å²) < 4.78 is 13.4. The Balaban J connectivity index is 1.64. The quantitative estimate of drug-likeness (QED) is 0.629. The van der Waals surface area contributed by atoms with Crippen LogP contribution >= 0.6 is 11.3 Å². The topological polar surface area (TPSA) is 94.0 Å². The van der Waals surface area contributed by atoms with Gasteiger partial charge in [0.1, 0.15) is 17.4 Å². The van der Waals surface area contributed by atoms with Crippen LogP contribution in [0.15, 0.2) is 35.7 Å². The highest BCUT2D eigenvalue weighted by molar-refractivity contribution is 7.12. The number of halogens is 1. The number of thiophene rings is 1. The van der Waals surface area contributed by atoms with Gasteiger partial charge in [-0.3, -0.25) is 9.59 Å². The van der Waals surface area contributed by atoms with Gasteiger partial charge in [0.25, 0.3) is 5.91 Å². The van der Waals surface area contributed by atoms with Crippen molar-refractivity contribution in [2.45, 2.75) is 6.42 Å². The number of amides is 2. The highest BCUT2D eigenvalue weighted by atomic mass is 32.1. The lowest BCUT2D eigenvalue weighted by atomic mass is 10.2. The molecule has 2 aromatic rings. The Morgan fingerprint density at radius 1 is 1.12 bits per heavy atom. The van der Waals surface area contributed by atoms with E-state index < -0.39 is 5.82 Å². The van der Waals surface area contributed by atoms with Crippen LogP contribution in [0.1, 0.15) is 21.7 Å². The maximum Gasteiger partial charge on any atom is 0.261 e. The van der Waals surface area contributed by atoms with Crippen molar-refractivity contribution >= 4 is 28.8 Å². The highest BCUT2D eigenvalue weighted by Gasteiger charge is 2.08. The van der Waals surface area contributed by atoms with Crippen LogP contribution in [0.3, 0.4) is 0 Å². The third-order valence-electron chi connectivity index (χ3n) is 3.27. The molecule has 1 aromatic heterocycles. The summed E-state index contributed by atoms with van der Waals surface area (Å²) in [4.78, 5) is 24.0. The largest absolute Gasteiger partial charge is 0.382 e. The molecule has 0 atom stereocenters. The third kappa shape index (κ3) is 5.58. The number of carbonyl (C=O) groups is 2. The van der Waals surface area contributed by atoms with Gasteiger partial charge in [-0.25, -0.2) is 4.39 Å². The summed E-state index contributed by atoms with van der Waals surface area (Å²) in [6.07, 6.45) is 0.167. The minimum absolute atomic E-state index is 0.0508. The Kier molecular flexibility index (Phi) is 6.92. The molecule has 0 spiro atoms. The number of hydrogen-bond acceptors (Lipinski definition) is 5. The maximum atomic E-state index is 13.4. The molecule has 0 unspecified atom stereocenters. The minimum Gasteiger partial charge on any atom is -0.382 e. The van der Waals surface area contributed by atoms with Crippen LogP contribution in [-0.2, 0) is 4.79 Å². The average Bonchev–Trinajstić information content (AvgIpc) is 3.13. The van der Waals surface area contributed by atoms with E-state index in [1.807, 2.05) is 5.38 Å². The molecule has 25 heavy (non-hydrogen) atoms. The van der Waals surface area contributed by atoms with Crippen LogP contribution < -0.4 is 16.0 Å². The molecule has 0 aliphatic carbocycles. The molecule has 0 fully saturated rings. The molecule has 8 heteroatoms. The molecule has 0 saturated carbocycles. The summed E-state index contributed by atoms with van der Waals surface area (Å²) in [5.41, 5.74) is 0.338. The SMILES string of the molecule is N#Cc1c(F)cccc1NCCNC(=O)CCNC(=O)c1cccs1. The number of anilines is 1. The lowest BCUT2D eigenvalue weighted by Crippen LogP contribution is -2.32. The van der Waals surface area contributed by atoms with E-state index in [1.165, 1.54) is 23.5 Å². The second-order valence-corrected chi connectivity index (χ2v) is 5.98. The fourth-order valence-corrected chi connectivity index (χ4v) is 2.70. The van der Waals surface area contributed by atoms with Gasteiger partial charge in [-0.1, -0.05) is 12.1 Å². The summed E-state index contributed by atoms with van der Waals surface area (Å²) in [5, 5.41) is 19.0. The van der Waals surface area contributed by atoms with E-state index in [-0.39, 0.29) is 30.3 Å². The zero-order valence-corrected chi connectivity index (χ0v) is 14.2. The monoisotopic (exact) mass is 360 g/mol. The molecular weight excluding hydrogens is 343 g/mol. The Morgan fingerprint density at radius 3 is 2.68 bits per heavy atom. The van der Waals surface area contributed by atoms with E-state index in [9.17, 15) is 14.0 Å². The van der Waals surface area contributed by atoms with Crippen LogP contribution in [-0.4, -0.2) is 31.4 Å². The van der Waals surface area contributed by atoms with Gasteiger partial charge in [-0.15, -0.1) is 11.3 Å². The molecule has 0 aliphatic heterocycles. The van der Waals surface area contributed by atoms with Crippen molar-refractivity contribution in [1.82, 2.24) is 10.6 Å². The first-order valence-corrected chi connectivity index (χ1v) is 8.50. The highest BCUT2D eigenvalue weighted by Crippen LogP contribution is 2.17. The minimum atomic E-state index is -0.585. The summed E-state index contributed by atoms with van der Waals surface area (Å²) in [7, 11) is 0. The summed E-state index contributed by atoms with van der Waals surface area (Å²) >= 11 is 1.34. The van der Waals surface area contributed by atoms with Crippen LogP contribution in [0.5, 0.6) is 0 Å². The first-order valence-electron chi connectivity index (χ1n) is 7.62. The van der Waals surface area contributed by atoms with Gasteiger partial charge in [0, 0.05) is 26.1 Å². The van der Waals surface area contributed by atoms with E-state index in [4.69, 9.17) is 5.26 Å². The molecule has 2 rings (SSSR count). The van der Waals surface area contributed by atoms with E-state index >= 15 is 0 Å². The van der Waals surface area contributed by atoms with E-state index in [0.29, 0.717) is 23.7 Å². The van der Waals surface area contributed by atoms with Crippen molar-refractivity contribution in [3.05, 3.63) is 52.0 Å². The van der Waals surface area contributed by atoms with Gasteiger partial charge < -0.3 is 16.0 Å². The molecule has 1 aromatic carbocycles. The molecule has 6 nitrogen and oxygen atoms in total. The first-order chi connectivity index (χ1) is 12.1. The van der Waals surface area contributed by atoms with Gasteiger partial charge in [-0.2, -0.15) is 5.26 Å². The van der Waals surface area contributed by atoms with Gasteiger partial charge in [0.2, 0.25) is 5.91 Å². The molecule has 1 heterocycles. The second-order valence-electron chi connectivity index (χ2n) is 5.03. The maximum absolute atomic E-state index is 13.4. The van der Waals surface area contributed by atoms with Crippen molar-refractivity contribution in [2.24, 2.45) is 0 Å². The molecule has 0 bridgehead atoms. The number of carbonyl (C=O) groups excluding carboxylic acids is 2. The third-order valence-corrected chi connectivity index (χ3v) is 4.14. The Hall–Kier alpha value is -2.92. The fraction of sp³-hybridized carbons (Fsp3) is 0.235. The number of nitrogens with zero attached hydrogens (tertiary/aromatic N) is 1. The van der Waals surface area contributed by atoms with Gasteiger partial charge in [0.15, 0.2) is 0 Å². The number of benzene rings is 1. The molecule has 2 amide bonds. The molecule has 0 aliphatic rings. The van der Waals surface area contributed by atoms with Gasteiger partial charge >= 0.3 is 0 Å². The van der Waals surface area contributed by atoms with Crippen molar-refractivity contribution in [1.29, 1.82) is 5.26 Å². The first kappa shape index (κ1) is 18.4. The van der Waals surface area contributed by atoms with E-state index in [0.717, 1.165) is 0 Å². The van der Waals surface area contributed by atoms with Crippen molar-refractivity contribution in [3.8, 4) is 6.07 Å². The van der Waals surface area contributed by atoms with E-state index in [1.54, 1.807) is 24.3 Å². The van der Waals surface area contributed by atoms with Gasteiger partial charge in [0.05, 0.1) is 10.6 Å². The summed E-state index contributed by atoms with van der Waals surface area (Å²) in [6, 6.07) is 9.63. The molecule has 0 radical (unpaired) electrons. The predicted octanol–water partition coefficient (Wildman–Crippen LogP) is 2.11. The van der Waals surface area contributed by atoms with Crippen LogP contribution in [0, 0.1) is 17.1 Å². The zero-order valence-electron chi connectivity index (χ0n) is 13.3. The summed E-state index contributed by atoms with van der Waals surface area (Å²) in [5.74, 6) is -0.981. The predicted molar refractivity (Wildman–Crippen MR) is 93.9 cm³/mol. The van der Waals surface area contributed by atoms with Crippen molar-refractivity contribution in [3.63, 3.8) is 0 Å². The smallest absolute Gasteiger partial charge is 0.261 e. The Labute approximate surface area is 148 Å². The number of hydrogen-bond donors (Lipinski definition) is 3. The normalized spacial score (nSPS) is 9.92. The number of nitrogens with one attached hydrogen (secondary N) is 3. The van der Waals surface area contributed by atoms with Crippen LogP contribution in [0.4, 0.5) is 10.1 Å². The van der Waals surface area contributed by atoms with Gasteiger partial charge in [-0.05, 0) is 23.6 Å². The van der Waals surface area contributed by atoms with Crippen LogP contribution in [0.25, 0.3) is 0 Å². The number of nitriles is 1. The molecule has 130 valence electrons. The number of rotatable bonds is 8. The molecule has 3 N–H and O–H groups in total. The second kappa shape index (κ2) is 9.39. The fourth-order valence-electron chi connectivity index (χ4n) is 2.06. The average molecular weight is 360 g/mol. The summed E-state index contributed by atoms with van der Waals surface area (Å²) in [6.45, 7) is 0.920. The van der Waals surface area contributed by atoms with Crippen molar-refractivity contribution in [2.75, 3.05) is 25.0 Å². The Bertz CT molecular complexity index is 771. The lowest BCUT2D eigenvalue weighted by molar-refractivity contribution is -0.120. The Morgan fingerprint density at radius 2 is 1.96 bits per heavy atom. The zero-order chi connectivity index (χ0) is 18.1. The lowest BCUT2D eigenvalue weighted by Gasteiger charge is -2.10. The molecule has 0 saturated heterocycles. The van der Waals surface area contributed by atoms with E-state index in [2.05, 4.69) is 16.0 Å².